The Balaban J connectivity index is 0.000000352. The zero-order valence-corrected chi connectivity index (χ0v) is 15.9. The third-order valence-electron chi connectivity index (χ3n) is 4.09. The van der Waals surface area contributed by atoms with Crippen molar-refractivity contribution in [1.29, 1.82) is 0 Å². The lowest BCUT2D eigenvalue weighted by Gasteiger charge is -2.15. The molecule has 0 spiro atoms. The van der Waals surface area contributed by atoms with Gasteiger partial charge in [0.2, 0.25) is 0 Å². The van der Waals surface area contributed by atoms with Crippen LogP contribution in [0.4, 0.5) is 0 Å². The molecule has 0 aromatic heterocycles. The van der Waals surface area contributed by atoms with Crippen LogP contribution in [0.3, 0.4) is 0 Å². The molecule has 1 heterocycles. The van der Waals surface area contributed by atoms with Gasteiger partial charge >= 0.3 is 11.9 Å². The highest BCUT2D eigenvalue weighted by Crippen LogP contribution is 2.33. The second kappa shape index (κ2) is 10.1. The Morgan fingerprint density at radius 1 is 1.04 bits per heavy atom. The zero-order chi connectivity index (χ0) is 18.9. The molecular weight excluding hydrogens is 402 g/mol. The van der Waals surface area contributed by atoms with E-state index in [4.69, 9.17) is 24.5 Å². The summed E-state index contributed by atoms with van der Waals surface area (Å²) in [5.41, 5.74) is 0. The molecule has 0 bridgehead atoms. The third-order valence-corrected chi connectivity index (χ3v) is 4.90. The maximum absolute atomic E-state index is 9.10. The average molecular weight is 424 g/mol. The number of carboxylic acid groups (broad SMARTS) is 2. The van der Waals surface area contributed by atoms with E-state index >= 15 is 0 Å². The quantitative estimate of drug-likeness (QED) is 0.563. The fraction of sp³-hybridized carbons (Fsp3) is 0.368. The highest BCUT2D eigenvalue weighted by Gasteiger charge is 2.11. The molecule has 26 heavy (non-hydrogen) atoms. The first-order chi connectivity index (χ1) is 12.5. The molecule has 0 unspecified atom stereocenters. The number of carboxylic acids is 2. The lowest BCUT2D eigenvalue weighted by atomic mass is 10.1. The average Bonchev–Trinajstić information content (AvgIpc) is 3.14. The first kappa shape index (κ1) is 20.2. The summed E-state index contributed by atoms with van der Waals surface area (Å²) in [4.78, 5) is 20.7. The summed E-state index contributed by atoms with van der Waals surface area (Å²) in [7, 11) is 0. The van der Waals surface area contributed by atoms with E-state index in [1.54, 1.807) is 0 Å². The smallest absolute Gasteiger partial charge is 0.414 e. The van der Waals surface area contributed by atoms with Crippen molar-refractivity contribution in [1.82, 2.24) is 4.90 Å². The number of nitrogens with zero attached hydrogens (tertiary/aromatic N) is 1. The molecule has 0 atom stereocenters. The lowest BCUT2D eigenvalue weighted by molar-refractivity contribution is -0.159. The molecule has 1 aliphatic rings. The van der Waals surface area contributed by atoms with Crippen molar-refractivity contribution in [2.24, 2.45) is 0 Å². The number of rotatable bonds is 5. The molecule has 1 aliphatic heterocycles. The van der Waals surface area contributed by atoms with Crippen molar-refractivity contribution in [2.45, 2.75) is 19.3 Å². The van der Waals surface area contributed by atoms with Crippen molar-refractivity contribution in [3.63, 3.8) is 0 Å². The first-order valence-electron chi connectivity index (χ1n) is 8.47. The van der Waals surface area contributed by atoms with Crippen LogP contribution in [0.1, 0.15) is 19.3 Å². The topological polar surface area (TPSA) is 87.1 Å². The van der Waals surface area contributed by atoms with Crippen molar-refractivity contribution in [3.05, 3.63) is 40.9 Å². The van der Waals surface area contributed by atoms with E-state index in [1.807, 2.05) is 0 Å². The van der Waals surface area contributed by atoms with Gasteiger partial charge in [0.15, 0.2) is 0 Å². The molecule has 1 fully saturated rings. The van der Waals surface area contributed by atoms with E-state index in [9.17, 15) is 0 Å². The summed E-state index contributed by atoms with van der Waals surface area (Å²) in [6, 6.07) is 12.5. The molecule has 1 saturated heterocycles. The Labute approximate surface area is 160 Å². The van der Waals surface area contributed by atoms with Gasteiger partial charge in [-0.15, -0.1) is 0 Å². The van der Waals surface area contributed by atoms with Gasteiger partial charge in [-0.3, -0.25) is 0 Å². The fourth-order valence-electron chi connectivity index (χ4n) is 2.80. The van der Waals surface area contributed by atoms with Crippen LogP contribution < -0.4 is 4.74 Å². The molecule has 0 radical (unpaired) electrons. The van der Waals surface area contributed by atoms with Gasteiger partial charge in [-0.25, -0.2) is 9.59 Å². The molecular formula is C19H22BrNO5. The van der Waals surface area contributed by atoms with Crippen molar-refractivity contribution < 1.29 is 24.5 Å². The third kappa shape index (κ3) is 6.00. The van der Waals surface area contributed by atoms with Crippen LogP contribution in [-0.4, -0.2) is 53.3 Å². The minimum absolute atomic E-state index is 0.785. The van der Waals surface area contributed by atoms with Crippen molar-refractivity contribution in [2.75, 3.05) is 26.2 Å². The summed E-state index contributed by atoms with van der Waals surface area (Å²) < 4.78 is 7.00. The van der Waals surface area contributed by atoms with Gasteiger partial charge in [-0.2, -0.15) is 0 Å². The van der Waals surface area contributed by atoms with Gasteiger partial charge in [-0.1, -0.05) is 30.3 Å². The van der Waals surface area contributed by atoms with Crippen molar-refractivity contribution >= 4 is 38.6 Å². The van der Waals surface area contributed by atoms with Crippen LogP contribution in [0.5, 0.6) is 5.75 Å². The van der Waals surface area contributed by atoms with Gasteiger partial charge in [0.05, 0.1) is 11.1 Å². The SMILES string of the molecule is Brc1c(OCCCN2CCCC2)ccc2ccccc12.O=C(O)C(=O)O. The van der Waals surface area contributed by atoms with Crippen LogP contribution >= 0.6 is 15.9 Å². The molecule has 6 nitrogen and oxygen atoms in total. The largest absolute Gasteiger partial charge is 0.492 e. The molecule has 3 rings (SSSR count). The minimum Gasteiger partial charge on any atom is -0.492 e. The Morgan fingerprint density at radius 2 is 1.69 bits per heavy atom. The summed E-state index contributed by atoms with van der Waals surface area (Å²) in [6.45, 7) is 4.47. The van der Waals surface area contributed by atoms with Gasteiger partial charge in [0, 0.05) is 6.54 Å². The highest BCUT2D eigenvalue weighted by atomic mass is 79.9. The number of carbonyl (C=O) groups is 2. The molecule has 2 aromatic carbocycles. The molecule has 2 N–H and O–H groups in total. The lowest BCUT2D eigenvalue weighted by Crippen LogP contribution is -2.21. The van der Waals surface area contributed by atoms with Crippen LogP contribution in [0, 0.1) is 0 Å². The summed E-state index contributed by atoms with van der Waals surface area (Å²) in [6.07, 6.45) is 3.81. The Morgan fingerprint density at radius 3 is 2.35 bits per heavy atom. The van der Waals surface area contributed by atoms with E-state index in [2.05, 4.69) is 57.2 Å². The maximum Gasteiger partial charge on any atom is 0.414 e. The standard InChI is InChI=1S/C17H20BrNO.C2H2O4/c18-17-15-7-2-1-6-14(15)8-9-16(17)20-13-5-12-19-10-3-4-11-19;3-1(4)2(5)6/h1-2,6-9H,3-5,10-13H2;(H,3,4)(H,5,6). The molecule has 0 amide bonds. The summed E-state index contributed by atoms with van der Waals surface area (Å²) in [5.74, 6) is -2.70. The number of aliphatic carboxylic acids is 2. The van der Waals surface area contributed by atoms with E-state index in [0.29, 0.717) is 0 Å². The van der Waals surface area contributed by atoms with Crippen LogP contribution in [0.25, 0.3) is 10.8 Å². The first-order valence-corrected chi connectivity index (χ1v) is 9.27. The molecule has 0 saturated carbocycles. The normalized spacial score (nSPS) is 13.9. The van der Waals surface area contributed by atoms with E-state index in [0.717, 1.165) is 29.8 Å². The number of ether oxygens (including phenoxy) is 1. The Hall–Kier alpha value is -2.12. The molecule has 2 aromatic rings. The monoisotopic (exact) mass is 423 g/mol. The Kier molecular flexibility index (Phi) is 7.87. The second-order valence-electron chi connectivity index (χ2n) is 5.96. The number of halogens is 1. The second-order valence-corrected chi connectivity index (χ2v) is 6.75. The van der Waals surface area contributed by atoms with Gasteiger partial charge in [0.1, 0.15) is 5.75 Å². The van der Waals surface area contributed by atoms with Gasteiger partial charge in [0.25, 0.3) is 0 Å². The highest BCUT2D eigenvalue weighted by molar-refractivity contribution is 9.10. The van der Waals surface area contributed by atoms with Gasteiger partial charge in [-0.05, 0) is 65.1 Å². The molecule has 140 valence electrons. The number of likely N-dealkylation sites (tertiary alicyclic amines) is 1. The number of hydrogen-bond donors (Lipinski definition) is 2. The van der Waals surface area contributed by atoms with E-state index < -0.39 is 11.9 Å². The number of fused-ring (bicyclic) bond motifs is 1. The van der Waals surface area contributed by atoms with Crippen LogP contribution in [-0.2, 0) is 9.59 Å². The van der Waals surface area contributed by atoms with Gasteiger partial charge < -0.3 is 19.8 Å². The predicted molar refractivity (Wildman–Crippen MR) is 103 cm³/mol. The number of benzene rings is 2. The van der Waals surface area contributed by atoms with E-state index in [1.165, 1.54) is 36.7 Å². The van der Waals surface area contributed by atoms with Crippen molar-refractivity contribution in [3.8, 4) is 5.75 Å². The van der Waals surface area contributed by atoms with Crippen LogP contribution in [0.15, 0.2) is 40.9 Å². The predicted octanol–water partition coefficient (Wildman–Crippen LogP) is 3.62. The van der Waals surface area contributed by atoms with Crippen LogP contribution in [0.2, 0.25) is 0 Å². The molecule has 7 heteroatoms. The molecule has 0 aliphatic carbocycles. The minimum atomic E-state index is -1.82. The zero-order valence-electron chi connectivity index (χ0n) is 14.4. The van der Waals surface area contributed by atoms with E-state index in [-0.39, 0.29) is 0 Å². The summed E-state index contributed by atoms with van der Waals surface area (Å²) >= 11 is 3.66. The Bertz CT molecular complexity index is 747. The fourth-order valence-corrected chi connectivity index (χ4v) is 3.41. The summed E-state index contributed by atoms with van der Waals surface area (Å²) in [5, 5.41) is 17.2. The number of hydrogen-bond acceptors (Lipinski definition) is 4. The maximum atomic E-state index is 9.10.